The first-order valence-electron chi connectivity index (χ1n) is 6.37. The molecule has 1 aromatic heterocycles. The van der Waals surface area contributed by atoms with Crippen molar-refractivity contribution in [1.29, 1.82) is 0 Å². The molecule has 3 aromatic rings. The molecule has 0 aliphatic carbocycles. The number of para-hydroxylation sites is 1. The molecule has 0 aliphatic heterocycles. The molecule has 0 saturated heterocycles. The standard InChI is InChI=1S/C16H14FNOS/c1-16(19,11-6-8-12(17)9-7-11)10-15-18-13-4-2-3-5-14(13)20-15/h2-9,19H,10H2,1H3. The van der Waals surface area contributed by atoms with E-state index in [1.54, 1.807) is 30.4 Å². The maximum atomic E-state index is 12.9. The van der Waals surface area contributed by atoms with Gasteiger partial charge in [-0.25, -0.2) is 9.37 Å². The Hall–Kier alpha value is -1.78. The lowest BCUT2D eigenvalue weighted by atomic mass is 9.93. The van der Waals surface area contributed by atoms with Gasteiger partial charge in [-0.15, -0.1) is 11.3 Å². The van der Waals surface area contributed by atoms with Gasteiger partial charge in [-0.2, -0.15) is 0 Å². The molecule has 20 heavy (non-hydrogen) atoms. The van der Waals surface area contributed by atoms with E-state index in [9.17, 15) is 9.50 Å². The third kappa shape index (κ3) is 2.57. The van der Waals surface area contributed by atoms with Crippen LogP contribution in [0.15, 0.2) is 48.5 Å². The topological polar surface area (TPSA) is 33.1 Å². The molecule has 0 saturated carbocycles. The fourth-order valence-electron chi connectivity index (χ4n) is 2.20. The van der Waals surface area contributed by atoms with E-state index in [0.717, 1.165) is 15.2 Å². The van der Waals surface area contributed by atoms with E-state index < -0.39 is 5.60 Å². The average Bonchev–Trinajstić information content (AvgIpc) is 2.80. The minimum Gasteiger partial charge on any atom is -0.385 e. The molecule has 0 fully saturated rings. The number of fused-ring (bicyclic) bond motifs is 1. The predicted molar refractivity (Wildman–Crippen MR) is 79.3 cm³/mol. The zero-order valence-corrected chi connectivity index (χ0v) is 11.8. The molecule has 3 rings (SSSR count). The molecular formula is C16H14FNOS. The molecule has 0 radical (unpaired) electrons. The molecule has 102 valence electrons. The molecule has 0 aliphatic rings. The second kappa shape index (κ2) is 4.96. The van der Waals surface area contributed by atoms with Crippen LogP contribution in [-0.2, 0) is 12.0 Å². The van der Waals surface area contributed by atoms with Gasteiger partial charge in [0.25, 0.3) is 0 Å². The largest absolute Gasteiger partial charge is 0.385 e. The van der Waals surface area contributed by atoms with E-state index in [2.05, 4.69) is 4.98 Å². The number of hydrogen-bond acceptors (Lipinski definition) is 3. The third-order valence-corrected chi connectivity index (χ3v) is 4.34. The smallest absolute Gasteiger partial charge is 0.123 e. The van der Waals surface area contributed by atoms with Gasteiger partial charge in [0.1, 0.15) is 5.82 Å². The van der Waals surface area contributed by atoms with Crippen molar-refractivity contribution in [3.8, 4) is 0 Å². The van der Waals surface area contributed by atoms with Crippen LogP contribution in [0.4, 0.5) is 4.39 Å². The minimum atomic E-state index is -1.05. The second-order valence-electron chi connectivity index (χ2n) is 5.03. The van der Waals surface area contributed by atoms with Crippen LogP contribution in [0.2, 0.25) is 0 Å². The normalized spacial score (nSPS) is 14.3. The molecule has 1 atom stereocenters. The van der Waals surface area contributed by atoms with Crippen molar-refractivity contribution in [3.63, 3.8) is 0 Å². The van der Waals surface area contributed by atoms with Gasteiger partial charge in [0.15, 0.2) is 0 Å². The van der Waals surface area contributed by atoms with Crippen molar-refractivity contribution in [2.75, 3.05) is 0 Å². The van der Waals surface area contributed by atoms with Gasteiger partial charge in [-0.05, 0) is 36.8 Å². The lowest BCUT2D eigenvalue weighted by Crippen LogP contribution is -2.24. The summed E-state index contributed by atoms with van der Waals surface area (Å²) in [6, 6.07) is 13.9. The van der Waals surface area contributed by atoms with Crippen molar-refractivity contribution in [1.82, 2.24) is 4.98 Å². The lowest BCUT2D eigenvalue weighted by molar-refractivity contribution is 0.0575. The Labute approximate surface area is 120 Å². The van der Waals surface area contributed by atoms with E-state index in [1.807, 2.05) is 24.3 Å². The van der Waals surface area contributed by atoms with Crippen LogP contribution in [0.1, 0.15) is 17.5 Å². The summed E-state index contributed by atoms with van der Waals surface area (Å²) in [5.74, 6) is -0.301. The van der Waals surface area contributed by atoms with Gasteiger partial charge in [0, 0.05) is 6.42 Å². The SMILES string of the molecule is CC(O)(Cc1nc2ccccc2s1)c1ccc(F)cc1. The Balaban J connectivity index is 1.90. The van der Waals surface area contributed by atoms with Gasteiger partial charge >= 0.3 is 0 Å². The van der Waals surface area contributed by atoms with Crippen LogP contribution >= 0.6 is 11.3 Å². The first-order chi connectivity index (χ1) is 9.54. The van der Waals surface area contributed by atoms with Crippen LogP contribution < -0.4 is 0 Å². The zero-order chi connectivity index (χ0) is 14.2. The van der Waals surface area contributed by atoms with Gasteiger partial charge in [0.05, 0.1) is 20.8 Å². The molecule has 1 N–H and O–H groups in total. The number of thiazole rings is 1. The number of aliphatic hydroxyl groups is 1. The maximum Gasteiger partial charge on any atom is 0.123 e. The minimum absolute atomic E-state index is 0.301. The summed E-state index contributed by atoms with van der Waals surface area (Å²) in [5.41, 5.74) is 0.585. The van der Waals surface area contributed by atoms with E-state index in [1.165, 1.54) is 12.1 Å². The third-order valence-electron chi connectivity index (χ3n) is 3.30. The van der Waals surface area contributed by atoms with E-state index in [4.69, 9.17) is 0 Å². The molecule has 2 aromatic carbocycles. The molecule has 0 amide bonds. The number of aromatic nitrogens is 1. The first-order valence-corrected chi connectivity index (χ1v) is 7.19. The molecule has 0 spiro atoms. The van der Waals surface area contributed by atoms with E-state index in [0.29, 0.717) is 12.0 Å². The Bertz CT molecular complexity index is 701. The Morgan fingerprint density at radius 1 is 1.15 bits per heavy atom. The van der Waals surface area contributed by atoms with Crippen LogP contribution in [0, 0.1) is 5.82 Å². The predicted octanol–water partition coefficient (Wildman–Crippen LogP) is 3.89. The summed E-state index contributed by atoms with van der Waals surface area (Å²) in [4.78, 5) is 4.53. The number of hydrogen-bond donors (Lipinski definition) is 1. The quantitative estimate of drug-likeness (QED) is 0.793. The first kappa shape index (κ1) is 13.2. The van der Waals surface area contributed by atoms with Gasteiger partial charge < -0.3 is 5.11 Å². The van der Waals surface area contributed by atoms with Crippen molar-refractivity contribution < 1.29 is 9.50 Å². The van der Waals surface area contributed by atoms with Crippen molar-refractivity contribution >= 4 is 21.6 Å². The molecule has 0 bridgehead atoms. The van der Waals surface area contributed by atoms with Gasteiger partial charge in [0.2, 0.25) is 0 Å². The van der Waals surface area contributed by atoms with Gasteiger partial charge in [-0.3, -0.25) is 0 Å². The highest BCUT2D eigenvalue weighted by Gasteiger charge is 2.25. The molecule has 1 unspecified atom stereocenters. The Kier molecular flexibility index (Phi) is 3.28. The van der Waals surface area contributed by atoms with Crippen molar-refractivity contribution in [2.45, 2.75) is 18.9 Å². The fourth-order valence-corrected chi connectivity index (χ4v) is 3.32. The number of nitrogens with zero attached hydrogens (tertiary/aromatic N) is 1. The lowest BCUT2D eigenvalue weighted by Gasteiger charge is -2.22. The van der Waals surface area contributed by atoms with Crippen LogP contribution in [0.5, 0.6) is 0 Å². The average molecular weight is 287 g/mol. The summed E-state index contributed by atoms with van der Waals surface area (Å²) in [7, 11) is 0. The summed E-state index contributed by atoms with van der Waals surface area (Å²) in [6.07, 6.45) is 0.415. The highest BCUT2D eigenvalue weighted by atomic mass is 32.1. The van der Waals surface area contributed by atoms with Crippen LogP contribution in [0.25, 0.3) is 10.2 Å². The number of halogens is 1. The summed E-state index contributed by atoms with van der Waals surface area (Å²) in [6.45, 7) is 1.73. The Morgan fingerprint density at radius 3 is 2.55 bits per heavy atom. The molecular weight excluding hydrogens is 273 g/mol. The van der Waals surface area contributed by atoms with Gasteiger partial charge in [-0.1, -0.05) is 24.3 Å². The Morgan fingerprint density at radius 2 is 1.85 bits per heavy atom. The highest BCUT2D eigenvalue weighted by Crippen LogP contribution is 2.29. The number of rotatable bonds is 3. The van der Waals surface area contributed by atoms with Crippen molar-refractivity contribution in [2.24, 2.45) is 0 Å². The molecule has 1 heterocycles. The monoisotopic (exact) mass is 287 g/mol. The number of benzene rings is 2. The highest BCUT2D eigenvalue weighted by molar-refractivity contribution is 7.18. The zero-order valence-electron chi connectivity index (χ0n) is 11.0. The van der Waals surface area contributed by atoms with E-state index in [-0.39, 0.29) is 5.82 Å². The second-order valence-corrected chi connectivity index (χ2v) is 6.15. The fraction of sp³-hybridized carbons (Fsp3) is 0.188. The summed E-state index contributed by atoms with van der Waals surface area (Å²) in [5, 5.41) is 11.5. The van der Waals surface area contributed by atoms with E-state index >= 15 is 0 Å². The molecule has 4 heteroatoms. The maximum absolute atomic E-state index is 12.9. The van der Waals surface area contributed by atoms with Crippen molar-refractivity contribution in [3.05, 3.63) is 64.9 Å². The molecule has 2 nitrogen and oxygen atoms in total. The van der Waals surface area contributed by atoms with Crippen LogP contribution in [-0.4, -0.2) is 10.1 Å². The summed E-state index contributed by atoms with van der Waals surface area (Å²) < 4.78 is 14.1. The van der Waals surface area contributed by atoms with Crippen LogP contribution in [0.3, 0.4) is 0 Å². The summed E-state index contributed by atoms with van der Waals surface area (Å²) >= 11 is 1.58.